The van der Waals surface area contributed by atoms with Crippen molar-refractivity contribution in [3.63, 3.8) is 0 Å². The van der Waals surface area contributed by atoms with Crippen LogP contribution in [0.1, 0.15) is 76.1 Å². The van der Waals surface area contributed by atoms with Crippen LogP contribution >= 0.6 is 11.8 Å². The second-order valence-electron chi connectivity index (χ2n) is 9.14. The maximum Gasteiger partial charge on any atom is 0.230 e. The molecule has 1 heterocycles. The van der Waals surface area contributed by atoms with Gasteiger partial charge < -0.3 is 19.9 Å². The van der Waals surface area contributed by atoms with E-state index in [4.69, 9.17) is 4.74 Å². The minimum absolute atomic E-state index is 0.0654. The zero-order chi connectivity index (χ0) is 23.6. The van der Waals surface area contributed by atoms with Crippen LogP contribution in [0.2, 0.25) is 0 Å². The number of carbonyl (C=O) groups is 1. The Balaban J connectivity index is 1.35. The van der Waals surface area contributed by atoms with Crippen LogP contribution in [-0.2, 0) is 11.3 Å². The molecule has 2 aromatic rings. The highest BCUT2D eigenvalue weighted by molar-refractivity contribution is 7.99. The third kappa shape index (κ3) is 7.01. The van der Waals surface area contributed by atoms with Crippen molar-refractivity contribution in [2.24, 2.45) is 0 Å². The molecule has 1 aromatic carbocycles. The molecular weight excluding hydrogens is 446 g/mol. The number of thioether (sulfide) groups is 1. The number of nitrogens with one attached hydrogen (secondary N) is 2. The molecule has 2 N–H and O–H groups in total. The van der Waals surface area contributed by atoms with Gasteiger partial charge in [0.05, 0.1) is 19.4 Å². The average Bonchev–Trinajstić information content (AvgIpc) is 3.30. The number of amides is 1. The van der Waals surface area contributed by atoms with E-state index in [2.05, 4.69) is 31.5 Å². The maximum absolute atomic E-state index is 12.5. The van der Waals surface area contributed by atoms with E-state index in [1.165, 1.54) is 62.3 Å². The number of anilines is 1. The summed E-state index contributed by atoms with van der Waals surface area (Å²) in [6.07, 6.45) is 14.3. The van der Waals surface area contributed by atoms with Crippen molar-refractivity contribution in [3.8, 4) is 5.75 Å². The van der Waals surface area contributed by atoms with Gasteiger partial charge in [0.2, 0.25) is 5.91 Å². The molecule has 0 spiro atoms. The average molecular weight is 484 g/mol. The molecule has 8 heteroatoms. The van der Waals surface area contributed by atoms with Gasteiger partial charge in [0, 0.05) is 24.3 Å². The molecule has 0 radical (unpaired) electrons. The number of hydrogen-bond acceptors (Lipinski definition) is 6. The van der Waals surface area contributed by atoms with Crippen molar-refractivity contribution < 1.29 is 9.53 Å². The summed E-state index contributed by atoms with van der Waals surface area (Å²) in [7, 11) is 1.67. The Bertz CT molecular complexity index is 968. The van der Waals surface area contributed by atoms with Gasteiger partial charge in [-0.15, -0.1) is 10.2 Å². The van der Waals surface area contributed by atoms with E-state index < -0.39 is 0 Å². The lowest BCUT2D eigenvalue weighted by Gasteiger charge is -2.25. The highest BCUT2D eigenvalue weighted by Crippen LogP contribution is 2.33. The fourth-order valence-electron chi connectivity index (χ4n) is 4.82. The summed E-state index contributed by atoms with van der Waals surface area (Å²) in [4.78, 5) is 12.5. The Labute approximate surface area is 207 Å². The van der Waals surface area contributed by atoms with Crippen molar-refractivity contribution in [1.82, 2.24) is 20.1 Å². The molecule has 0 saturated heterocycles. The van der Waals surface area contributed by atoms with Gasteiger partial charge in [-0.05, 0) is 57.1 Å². The van der Waals surface area contributed by atoms with Crippen LogP contribution in [0.5, 0.6) is 5.75 Å². The molecule has 1 amide bonds. The number of carbonyl (C=O) groups excluding carboxylic acids is 1. The van der Waals surface area contributed by atoms with E-state index in [-0.39, 0.29) is 5.91 Å². The lowest BCUT2D eigenvalue weighted by molar-refractivity contribution is -0.118. The standard InChI is InChI=1S/C26H37N5O2S/c1-33-23-14-8-11-21(17-23)28-18-24-29-30-26(31(24)22-12-6-3-7-13-22)34-19-25(32)27-16-15-20-9-4-2-5-10-20/h8-9,11,14,17,22,28H,2-7,10,12-13,15-16,18-19H2,1H3,(H,27,32). The summed E-state index contributed by atoms with van der Waals surface area (Å²) >= 11 is 1.50. The molecular formula is C26H37N5O2S. The van der Waals surface area contributed by atoms with Crippen molar-refractivity contribution in [3.05, 3.63) is 41.7 Å². The smallest absolute Gasteiger partial charge is 0.230 e. The third-order valence-corrected chi connectivity index (χ3v) is 7.62. The molecule has 0 unspecified atom stereocenters. The summed E-state index contributed by atoms with van der Waals surface area (Å²) < 4.78 is 7.60. The zero-order valence-electron chi connectivity index (χ0n) is 20.2. The van der Waals surface area contributed by atoms with Gasteiger partial charge in [-0.2, -0.15) is 0 Å². The molecule has 4 rings (SSSR count). The molecule has 2 aliphatic carbocycles. The minimum Gasteiger partial charge on any atom is -0.497 e. The van der Waals surface area contributed by atoms with Crippen LogP contribution < -0.4 is 15.4 Å². The molecule has 0 aliphatic heterocycles. The predicted molar refractivity (Wildman–Crippen MR) is 137 cm³/mol. The van der Waals surface area contributed by atoms with Crippen molar-refractivity contribution in [1.29, 1.82) is 0 Å². The second-order valence-corrected chi connectivity index (χ2v) is 10.1. The Morgan fingerprint density at radius 1 is 1.18 bits per heavy atom. The van der Waals surface area contributed by atoms with E-state index in [0.717, 1.165) is 48.2 Å². The van der Waals surface area contributed by atoms with E-state index in [0.29, 0.717) is 18.3 Å². The van der Waals surface area contributed by atoms with Crippen LogP contribution in [0.15, 0.2) is 41.1 Å². The summed E-state index contributed by atoms with van der Waals surface area (Å²) in [5.41, 5.74) is 2.48. The van der Waals surface area contributed by atoms with Crippen LogP contribution in [0.25, 0.3) is 0 Å². The number of rotatable bonds is 11. The molecule has 7 nitrogen and oxygen atoms in total. The highest BCUT2D eigenvalue weighted by Gasteiger charge is 2.23. The Morgan fingerprint density at radius 3 is 2.85 bits per heavy atom. The van der Waals surface area contributed by atoms with Gasteiger partial charge in [-0.1, -0.05) is 48.7 Å². The lowest BCUT2D eigenvalue weighted by atomic mass is 9.95. The van der Waals surface area contributed by atoms with Gasteiger partial charge >= 0.3 is 0 Å². The number of ether oxygens (including phenoxy) is 1. The minimum atomic E-state index is 0.0654. The van der Waals surface area contributed by atoms with Crippen LogP contribution in [-0.4, -0.2) is 40.1 Å². The number of allylic oxidation sites excluding steroid dienone is 1. The fraction of sp³-hybridized carbons (Fsp3) is 0.577. The predicted octanol–water partition coefficient (Wildman–Crippen LogP) is 5.50. The van der Waals surface area contributed by atoms with Crippen molar-refractivity contribution in [2.45, 2.75) is 82.0 Å². The van der Waals surface area contributed by atoms with Gasteiger partial charge in [-0.3, -0.25) is 4.79 Å². The fourth-order valence-corrected chi connectivity index (χ4v) is 5.68. The third-order valence-electron chi connectivity index (χ3n) is 6.68. The molecule has 2 aliphatic rings. The van der Waals surface area contributed by atoms with Crippen molar-refractivity contribution in [2.75, 3.05) is 24.7 Å². The zero-order valence-corrected chi connectivity index (χ0v) is 21.0. The van der Waals surface area contributed by atoms with Crippen LogP contribution in [0.3, 0.4) is 0 Å². The van der Waals surface area contributed by atoms with E-state index in [1.807, 2.05) is 24.3 Å². The molecule has 0 bridgehead atoms. The summed E-state index contributed by atoms with van der Waals surface area (Å²) in [6, 6.07) is 8.30. The summed E-state index contributed by atoms with van der Waals surface area (Å²) in [5.74, 6) is 2.17. The summed E-state index contributed by atoms with van der Waals surface area (Å²) in [6.45, 7) is 1.30. The van der Waals surface area contributed by atoms with E-state index >= 15 is 0 Å². The molecule has 1 fully saturated rings. The number of nitrogens with zero attached hydrogens (tertiary/aromatic N) is 3. The highest BCUT2D eigenvalue weighted by atomic mass is 32.2. The topological polar surface area (TPSA) is 81.1 Å². The Kier molecular flexibility index (Phi) is 9.30. The first kappa shape index (κ1) is 24.6. The largest absolute Gasteiger partial charge is 0.497 e. The van der Waals surface area contributed by atoms with Gasteiger partial charge in [0.1, 0.15) is 5.75 Å². The van der Waals surface area contributed by atoms with Gasteiger partial charge in [0.15, 0.2) is 11.0 Å². The quantitative estimate of drug-likeness (QED) is 0.324. The summed E-state index contributed by atoms with van der Waals surface area (Å²) in [5, 5.41) is 16.4. The van der Waals surface area contributed by atoms with E-state index in [9.17, 15) is 4.79 Å². The number of hydrogen-bond donors (Lipinski definition) is 2. The van der Waals surface area contributed by atoms with E-state index in [1.54, 1.807) is 7.11 Å². The molecule has 34 heavy (non-hydrogen) atoms. The molecule has 1 aromatic heterocycles. The Hall–Kier alpha value is -2.48. The van der Waals surface area contributed by atoms with Crippen LogP contribution in [0, 0.1) is 0 Å². The van der Waals surface area contributed by atoms with Gasteiger partial charge in [0.25, 0.3) is 0 Å². The molecule has 184 valence electrons. The number of benzene rings is 1. The van der Waals surface area contributed by atoms with Crippen molar-refractivity contribution >= 4 is 23.4 Å². The first-order valence-electron chi connectivity index (χ1n) is 12.6. The van der Waals surface area contributed by atoms with Crippen LogP contribution in [0.4, 0.5) is 5.69 Å². The first-order chi connectivity index (χ1) is 16.7. The second kappa shape index (κ2) is 12.8. The maximum atomic E-state index is 12.5. The Morgan fingerprint density at radius 2 is 2.06 bits per heavy atom. The van der Waals surface area contributed by atoms with Gasteiger partial charge in [-0.25, -0.2) is 0 Å². The number of methoxy groups -OCH3 is 1. The SMILES string of the molecule is COc1cccc(NCc2nnc(SCC(=O)NCCC3=CCCCC3)n2C2CCCCC2)c1. The monoisotopic (exact) mass is 483 g/mol. The lowest BCUT2D eigenvalue weighted by Crippen LogP contribution is -2.27. The number of aromatic nitrogens is 3. The first-order valence-corrected chi connectivity index (χ1v) is 13.6. The normalized spacial score (nSPS) is 16.7. The molecule has 0 atom stereocenters. The molecule has 1 saturated carbocycles.